The summed E-state index contributed by atoms with van der Waals surface area (Å²) in [7, 11) is 0. The highest BCUT2D eigenvalue weighted by Crippen LogP contribution is 2.25. The number of rotatable bonds is 14. The average Bonchev–Trinajstić information content (AvgIpc) is 3.99. The normalized spacial score (nSPS) is 14.7. The maximum atomic E-state index is 13.1. The van der Waals surface area contributed by atoms with E-state index in [1.165, 1.54) is 0 Å². The minimum absolute atomic E-state index is 0.0339. The number of nitrogens with zero attached hydrogens (tertiary/aromatic N) is 8. The molecule has 8 rings (SSSR count). The zero-order chi connectivity index (χ0) is 41.1. The molecule has 0 bridgehead atoms. The SMILES string of the molecule is O=C(CCN1CCOCC1)Nc1ccc(-n2cc(-c3cccc(NC(=O)Nc4cccc(-c5cn(-c6ccc(NC(=O)CCN7CCOCC7)cc6)nn5)c4)c3)nn2)cc1. The number of nitrogens with one attached hydrogen (secondary N) is 4. The lowest BCUT2D eigenvalue weighted by molar-refractivity contribution is -0.117. The second-order valence-electron chi connectivity index (χ2n) is 14.4. The van der Waals surface area contributed by atoms with Gasteiger partial charge < -0.3 is 30.7 Å². The quantitative estimate of drug-likeness (QED) is 0.114. The van der Waals surface area contributed by atoms with Crippen LogP contribution in [0.5, 0.6) is 0 Å². The van der Waals surface area contributed by atoms with Gasteiger partial charge >= 0.3 is 6.03 Å². The van der Waals surface area contributed by atoms with E-state index < -0.39 is 6.03 Å². The van der Waals surface area contributed by atoms with Gasteiger partial charge in [-0.05, 0) is 72.8 Å². The van der Waals surface area contributed by atoms with E-state index in [-0.39, 0.29) is 11.8 Å². The highest BCUT2D eigenvalue weighted by atomic mass is 16.5. The van der Waals surface area contributed by atoms with E-state index in [1.807, 2.05) is 84.9 Å². The molecular weight excluding hydrogens is 765 g/mol. The fourth-order valence-electron chi connectivity index (χ4n) is 6.86. The molecule has 2 aromatic heterocycles. The number of carbonyl (C=O) groups excluding carboxylic acids is 3. The number of amides is 4. The van der Waals surface area contributed by atoms with Crippen LogP contribution in [-0.4, -0.2) is 123 Å². The van der Waals surface area contributed by atoms with Crippen molar-refractivity contribution in [3.8, 4) is 33.9 Å². The van der Waals surface area contributed by atoms with Crippen molar-refractivity contribution in [1.82, 2.24) is 39.8 Å². The van der Waals surface area contributed by atoms with Crippen molar-refractivity contribution in [1.29, 1.82) is 0 Å². The van der Waals surface area contributed by atoms with Crippen molar-refractivity contribution >= 4 is 40.6 Å². The van der Waals surface area contributed by atoms with Crippen molar-refractivity contribution < 1.29 is 23.9 Å². The third kappa shape index (κ3) is 10.8. The number of anilines is 4. The fraction of sp³-hybridized carbons (Fsp3) is 0.279. The maximum absolute atomic E-state index is 13.1. The van der Waals surface area contributed by atoms with Crippen LogP contribution in [0.3, 0.4) is 0 Å². The summed E-state index contributed by atoms with van der Waals surface area (Å²) < 4.78 is 14.1. The highest BCUT2D eigenvalue weighted by molar-refractivity contribution is 6.00. The van der Waals surface area contributed by atoms with Gasteiger partial charge in [0.2, 0.25) is 11.8 Å². The standard InChI is InChI=1S/C43H46N12O5/c56-41(15-17-52-19-23-59-24-20-52)44-33-7-11-37(12-8-33)54-29-39(48-50-54)31-3-1-5-35(27-31)46-43(58)47-36-6-2-4-32(28-36)40-30-55(51-49-40)38-13-9-34(10-14-38)45-42(57)16-18-53-21-25-60-26-22-53/h1-14,27-30H,15-26H2,(H,44,56)(H,45,57)(H2,46,47,58). The zero-order valence-corrected chi connectivity index (χ0v) is 33.0. The van der Waals surface area contributed by atoms with E-state index in [0.29, 0.717) is 86.5 Å². The van der Waals surface area contributed by atoms with E-state index in [0.717, 1.165) is 48.7 Å². The first-order chi connectivity index (χ1) is 29.4. The van der Waals surface area contributed by atoms with E-state index >= 15 is 0 Å². The second kappa shape index (κ2) is 19.3. The van der Waals surface area contributed by atoms with E-state index in [4.69, 9.17) is 9.47 Å². The molecule has 2 aliphatic heterocycles. The number of morpholine rings is 2. The van der Waals surface area contributed by atoms with Crippen LogP contribution in [-0.2, 0) is 19.1 Å². The van der Waals surface area contributed by atoms with Gasteiger partial charge in [0.25, 0.3) is 0 Å². The van der Waals surface area contributed by atoms with Crippen LogP contribution in [0.1, 0.15) is 12.8 Å². The molecule has 4 aromatic carbocycles. The predicted molar refractivity (Wildman–Crippen MR) is 227 cm³/mol. The molecule has 4 amide bonds. The molecule has 2 aliphatic rings. The minimum Gasteiger partial charge on any atom is -0.379 e. The summed E-state index contributed by atoms with van der Waals surface area (Å²) in [4.78, 5) is 42.5. The van der Waals surface area contributed by atoms with Crippen LogP contribution in [0.15, 0.2) is 109 Å². The Balaban J connectivity index is 0.820. The molecule has 17 heteroatoms. The Bertz CT molecular complexity index is 2220. The number of benzene rings is 4. The summed E-state index contributed by atoms with van der Waals surface area (Å²) in [6.45, 7) is 7.63. The van der Waals surface area contributed by atoms with Gasteiger partial charge in [-0.15, -0.1) is 10.2 Å². The van der Waals surface area contributed by atoms with Gasteiger partial charge in [0.15, 0.2) is 0 Å². The minimum atomic E-state index is -0.418. The number of ether oxygens (including phenoxy) is 2. The van der Waals surface area contributed by atoms with Crippen molar-refractivity contribution in [3.63, 3.8) is 0 Å². The summed E-state index contributed by atoms with van der Waals surface area (Å²) in [5.74, 6) is -0.0677. The largest absolute Gasteiger partial charge is 0.379 e. The summed E-state index contributed by atoms with van der Waals surface area (Å²) >= 11 is 0. The van der Waals surface area contributed by atoms with Gasteiger partial charge in [0, 0.05) is 86.0 Å². The smallest absolute Gasteiger partial charge is 0.323 e. The molecule has 4 N–H and O–H groups in total. The molecule has 2 fully saturated rings. The Labute approximate surface area is 346 Å². The lowest BCUT2D eigenvalue weighted by atomic mass is 10.1. The first kappa shape index (κ1) is 40.0. The summed E-state index contributed by atoms with van der Waals surface area (Å²) in [5, 5.41) is 29.0. The number of aromatic nitrogens is 6. The summed E-state index contributed by atoms with van der Waals surface area (Å²) in [5.41, 5.74) is 6.92. The van der Waals surface area contributed by atoms with Crippen molar-refractivity contribution in [2.24, 2.45) is 0 Å². The van der Waals surface area contributed by atoms with Gasteiger partial charge in [-0.3, -0.25) is 19.4 Å². The van der Waals surface area contributed by atoms with Gasteiger partial charge in [-0.25, -0.2) is 14.2 Å². The van der Waals surface area contributed by atoms with Crippen LogP contribution in [0, 0.1) is 0 Å². The van der Waals surface area contributed by atoms with Crippen LogP contribution in [0.25, 0.3) is 33.9 Å². The molecule has 0 radical (unpaired) electrons. The number of hydrogen-bond acceptors (Lipinski definition) is 11. The molecule has 4 heterocycles. The molecule has 0 atom stereocenters. The van der Waals surface area contributed by atoms with Gasteiger partial charge in [-0.1, -0.05) is 34.7 Å². The van der Waals surface area contributed by atoms with Crippen LogP contribution in [0.2, 0.25) is 0 Å². The highest BCUT2D eigenvalue weighted by Gasteiger charge is 2.15. The molecule has 0 saturated carbocycles. The monoisotopic (exact) mass is 810 g/mol. The predicted octanol–water partition coefficient (Wildman–Crippen LogP) is 5.15. The second-order valence-corrected chi connectivity index (χ2v) is 14.4. The summed E-state index contributed by atoms with van der Waals surface area (Å²) in [6.07, 6.45) is 4.45. The van der Waals surface area contributed by atoms with Crippen molar-refractivity contribution in [2.45, 2.75) is 12.8 Å². The zero-order valence-electron chi connectivity index (χ0n) is 33.0. The van der Waals surface area contributed by atoms with Crippen LogP contribution >= 0.6 is 0 Å². The van der Waals surface area contributed by atoms with Crippen molar-refractivity contribution in [3.05, 3.63) is 109 Å². The van der Waals surface area contributed by atoms with E-state index in [2.05, 4.69) is 51.7 Å². The Morgan fingerprint density at radius 2 is 0.933 bits per heavy atom. The summed E-state index contributed by atoms with van der Waals surface area (Å²) in [6, 6.07) is 29.1. The fourth-order valence-corrected chi connectivity index (χ4v) is 6.86. The molecule has 308 valence electrons. The van der Waals surface area contributed by atoms with Crippen LogP contribution in [0.4, 0.5) is 27.5 Å². The Kier molecular flexibility index (Phi) is 12.9. The number of carbonyl (C=O) groups is 3. The third-order valence-corrected chi connectivity index (χ3v) is 10.2. The number of hydrogen-bond donors (Lipinski definition) is 4. The first-order valence-electron chi connectivity index (χ1n) is 19.9. The average molecular weight is 811 g/mol. The Morgan fingerprint density at radius 1 is 0.517 bits per heavy atom. The maximum Gasteiger partial charge on any atom is 0.323 e. The van der Waals surface area contributed by atoms with Crippen LogP contribution < -0.4 is 21.3 Å². The molecule has 6 aromatic rings. The lowest BCUT2D eigenvalue weighted by Gasteiger charge is -2.26. The molecule has 60 heavy (non-hydrogen) atoms. The van der Waals surface area contributed by atoms with Gasteiger partial charge in [0.1, 0.15) is 11.4 Å². The van der Waals surface area contributed by atoms with E-state index in [9.17, 15) is 14.4 Å². The lowest BCUT2D eigenvalue weighted by Crippen LogP contribution is -2.38. The molecular formula is C43H46N12O5. The topological polar surface area (TPSA) is 186 Å². The molecule has 17 nitrogen and oxygen atoms in total. The van der Waals surface area contributed by atoms with Crippen molar-refractivity contribution in [2.75, 3.05) is 87.0 Å². The Morgan fingerprint density at radius 3 is 1.35 bits per heavy atom. The Hall–Kier alpha value is -6.79. The molecule has 2 saturated heterocycles. The third-order valence-electron chi connectivity index (χ3n) is 10.2. The molecule has 0 aliphatic carbocycles. The first-order valence-corrected chi connectivity index (χ1v) is 19.9. The molecule has 0 spiro atoms. The molecule has 0 unspecified atom stereocenters. The van der Waals surface area contributed by atoms with E-state index in [1.54, 1.807) is 33.9 Å². The van der Waals surface area contributed by atoms with Gasteiger partial charge in [0.05, 0.1) is 50.2 Å². The van der Waals surface area contributed by atoms with Gasteiger partial charge in [-0.2, -0.15) is 0 Å². The number of urea groups is 1.